The van der Waals surface area contributed by atoms with Crippen molar-refractivity contribution >= 4 is 11.0 Å². The Kier molecular flexibility index (Phi) is 1.17. The fourth-order valence-corrected chi connectivity index (χ4v) is 1.93. The van der Waals surface area contributed by atoms with Gasteiger partial charge in [0.2, 0.25) is 0 Å². The maximum atomic E-state index is 4.56. The lowest BCUT2D eigenvalue weighted by molar-refractivity contribution is 0.554. The molecule has 0 amide bonds. The molecule has 2 heterocycles. The number of rotatable bonds is 0. The average molecular weight is 172 g/mol. The zero-order chi connectivity index (χ0) is 9.00. The maximum absolute atomic E-state index is 4.56. The van der Waals surface area contributed by atoms with Gasteiger partial charge in [0.05, 0.1) is 11.0 Å². The van der Waals surface area contributed by atoms with Crippen molar-refractivity contribution in [2.75, 3.05) is 0 Å². The van der Waals surface area contributed by atoms with Gasteiger partial charge in [-0.1, -0.05) is 0 Å². The molecule has 0 unspecified atom stereocenters. The Morgan fingerprint density at radius 3 is 2.69 bits per heavy atom. The Labute approximate surface area is 77.2 Å². The van der Waals surface area contributed by atoms with Crippen LogP contribution in [-0.2, 0) is 13.0 Å². The predicted molar refractivity (Wildman–Crippen MR) is 52.9 cm³/mol. The van der Waals surface area contributed by atoms with Gasteiger partial charge < -0.3 is 4.57 Å². The highest BCUT2D eigenvalue weighted by Gasteiger charge is 2.18. The first-order chi connectivity index (χ1) is 6.25. The van der Waals surface area contributed by atoms with Gasteiger partial charge in [0, 0.05) is 13.0 Å². The summed E-state index contributed by atoms with van der Waals surface area (Å²) in [5, 5.41) is 0. The second-order valence-corrected chi connectivity index (χ2v) is 3.85. The van der Waals surface area contributed by atoms with Crippen LogP contribution in [-0.4, -0.2) is 9.55 Å². The lowest BCUT2D eigenvalue weighted by atomic mass is 10.1. The normalized spacial score (nSPS) is 14.3. The van der Waals surface area contributed by atoms with E-state index >= 15 is 0 Å². The summed E-state index contributed by atoms with van der Waals surface area (Å²) in [6, 6.07) is 4.44. The molecule has 0 radical (unpaired) electrons. The maximum Gasteiger partial charge on any atom is 0.111 e. The molecule has 0 N–H and O–H groups in total. The van der Waals surface area contributed by atoms with E-state index in [4.69, 9.17) is 0 Å². The summed E-state index contributed by atoms with van der Waals surface area (Å²) in [7, 11) is 0. The minimum Gasteiger partial charge on any atom is -0.327 e. The molecule has 2 nitrogen and oxygen atoms in total. The summed E-state index contributed by atoms with van der Waals surface area (Å²) in [5.74, 6) is 1.25. The Balaban J connectivity index is 2.44. The van der Waals surface area contributed by atoms with Crippen molar-refractivity contribution in [3.05, 3.63) is 29.1 Å². The van der Waals surface area contributed by atoms with E-state index in [0.717, 1.165) is 18.5 Å². The van der Waals surface area contributed by atoms with Gasteiger partial charge in [0.25, 0.3) is 0 Å². The average Bonchev–Trinajstić information content (AvgIpc) is 2.26. The molecule has 0 saturated carbocycles. The molecule has 2 aromatic rings. The van der Waals surface area contributed by atoms with Crippen LogP contribution in [0.15, 0.2) is 12.1 Å². The molecule has 66 valence electrons. The van der Waals surface area contributed by atoms with Crippen molar-refractivity contribution in [2.24, 2.45) is 0 Å². The molecule has 1 aliphatic rings. The van der Waals surface area contributed by atoms with Crippen LogP contribution in [0.3, 0.4) is 0 Å². The van der Waals surface area contributed by atoms with Crippen LogP contribution >= 0.6 is 0 Å². The van der Waals surface area contributed by atoms with Crippen LogP contribution in [0.2, 0.25) is 0 Å². The molecule has 3 rings (SSSR count). The van der Waals surface area contributed by atoms with Gasteiger partial charge in [-0.15, -0.1) is 0 Å². The number of fused-ring (bicyclic) bond motifs is 3. The smallest absolute Gasteiger partial charge is 0.111 e. The van der Waals surface area contributed by atoms with Gasteiger partial charge >= 0.3 is 0 Å². The number of hydrogen-bond acceptors (Lipinski definition) is 1. The molecule has 0 atom stereocenters. The molecule has 0 bridgehead atoms. The highest BCUT2D eigenvalue weighted by molar-refractivity contribution is 5.78. The largest absolute Gasteiger partial charge is 0.327 e. The number of nitrogens with zero attached hydrogens (tertiary/aromatic N) is 2. The quantitative estimate of drug-likeness (QED) is 0.595. The standard InChI is InChI=1S/C11H12N2/c1-7-5-9-10(6-8(7)2)13-4-3-11(13)12-9/h5-6H,3-4H2,1-2H3. The van der Waals surface area contributed by atoms with Gasteiger partial charge in [-0.25, -0.2) is 4.98 Å². The van der Waals surface area contributed by atoms with Gasteiger partial charge in [-0.2, -0.15) is 0 Å². The molecular weight excluding hydrogens is 160 g/mol. The zero-order valence-electron chi connectivity index (χ0n) is 7.96. The summed E-state index contributed by atoms with van der Waals surface area (Å²) < 4.78 is 2.31. The molecule has 0 aliphatic carbocycles. The van der Waals surface area contributed by atoms with Crippen LogP contribution in [0.4, 0.5) is 0 Å². The first-order valence-corrected chi connectivity index (χ1v) is 4.72. The minimum atomic E-state index is 1.15. The van der Waals surface area contributed by atoms with E-state index in [2.05, 4.69) is 35.5 Å². The minimum absolute atomic E-state index is 1.15. The fraction of sp³-hybridized carbons (Fsp3) is 0.364. The molecule has 0 spiro atoms. The van der Waals surface area contributed by atoms with E-state index in [1.807, 2.05) is 0 Å². The number of aryl methyl sites for hydroxylation is 4. The monoisotopic (exact) mass is 172 g/mol. The van der Waals surface area contributed by atoms with E-state index in [1.165, 1.54) is 22.5 Å². The summed E-state index contributed by atoms with van der Waals surface area (Å²) >= 11 is 0. The SMILES string of the molecule is Cc1cc2nc3n(c2cc1C)CC3. The van der Waals surface area contributed by atoms with Crippen LogP contribution in [0.1, 0.15) is 17.0 Å². The number of aromatic nitrogens is 2. The van der Waals surface area contributed by atoms with Crippen LogP contribution < -0.4 is 0 Å². The molecule has 1 aromatic heterocycles. The first-order valence-electron chi connectivity index (χ1n) is 4.72. The van der Waals surface area contributed by atoms with Gasteiger partial charge in [0.1, 0.15) is 5.82 Å². The molecule has 0 saturated heterocycles. The highest BCUT2D eigenvalue weighted by atomic mass is 15.1. The summed E-state index contributed by atoms with van der Waals surface area (Å²) in [4.78, 5) is 4.56. The van der Waals surface area contributed by atoms with Crippen LogP contribution in [0.25, 0.3) is 11.0 Å². The van der Waals surface area contributed by atoms with E-state index in [-0.39, 0.29) is 0 Å². The van der Waals surface area contributed by atoms with Crippen LogP contribution in [0.5, 0.6) is 0 Å². The van der Waals surface area contributed by atoms with Gasteiger partial charge in [-0.05, 0) is 37.1 Å². The molecule has 0 fully saturated rings. The van der Waals surface area contributed by atoms with Crippen LogP contribution in [0, 0.1) is 13.8 Å². The predicted octanol–water partition coefficient (Wildman–Crippen LogP) is 2.21. The third kappa shape index (κ3) is 0.804. The second kappa shape index (κ2) is 2.13. The van der Waals surface area contributed by atoms with Crippen molar-refractivity contribution in [3.63, 3.8) is 0 Å². The summed E-state index contributed by atoms with van der Waals surface area (Å²) in [5.41, 5.74) is 5.17. The topological polar surface area (TPSA) is 17.8 Å². The zero-order valence-corrected chi connectivity index (χ0v) is 7.96. The summed E-state index contributed by atoms with van der Waals surface area (Å²) in [6.07, 6.45) is 1.15. The van der Waals surface area contributed by atoms with Gasteiger partial charge in [0.15, 0.2) is 0 Å². The van der Waals surface area contributed by atoms with Crippen molar-refractivity contribution in [2.45, 2.75) is 26.8 Å². The van der Waals surface area contributed by atoms with E-state index in [1.54, 1.807) is 0 Å². The Bertz CT molecular complexity index is 494. The Hall–Kier alpha value is -1.31. The van der Waals surface area contributed by atoms with Crippen molar-refractivity contribution in [3.8, 4) is 0 Å². The third-order valence-corrected chi connectivity index (χ3v) is 3.00. The van der Waals surface area contributed by atoms with E-state index in [0.29, 0.717) is 0 Å². The van der Waals surface area contributed by atoms with Crippen molar-refractivity contribution < 1.29 is 0 Å². The lowest BCUT2D eigenvalue weighted by Crippen LogP contribution is -2.17. The molecule has 1 aliphatic heterocycles. The second-order valence-electron chi connectivity index (χ2n) is 3.85. The van der Waals surface area contributed by atoms with Gasteiger partial charge in [-0.3, -0.25) is 0 Å². The van der Waals surface area contributed by atoms with E-state index < -0.39 is 0 Å². The van der Waals surface area contributed by atoms with Crippen molar-refractivity contribution in [1.82, 2.24) is 9.55 Å². The lowest BCUT2D eigenvalue weighted by Gasteiger charge is -2.16. The number of benzene rings is 1. The fourth-order valence-electron chi connectivity index (χ4n) is 1.93. The first kappa shape index (κ1) is 7.13. The number of hydrogen-bond donors (Lipinski definition) is 0. The molecular formula is C11H12N2. The Morgan fingerprint density at radius 1 is 1.23 bits per heavy atom. The van der Waals surface area contributed by atoms with E-state index in [9.17, 15) is 0 Å². The third-order valence-electron chi connectivity index (χ3n) is 3.00. The summed E-state index contributed by atoms with van der Waals surface area (Å²) in [6.45, 7) is 5.45. The molecule has 13 heavy (non-hydrogen) atoms. The molecule has 1 aromatic carbocycles. The molecule has 2 heteroatoms. The highest BCUT2D eigenvalue weighted by Crippen LogP contribution is 2.25. The number of imidazole rings is 1. The Morgan fingerprint density at radius 2 is 2.00 bits per heavy atom. The van der Waals surface area contributed by atoms with Crippen molar-refractivity contribution in [1.29, 1.82) is 0 Å².